The van der Waals surface area contributed by atoms with Crippen molar-refractivity contribution >= 4 is 23.2 Å². The molecule has 0 N–H and O–H groups in total. The number of aromatic nitrogens is 1. The molecule has 2 rings (SSSR count). The number of benzene rings is 1. The summed E-state index contributed by atoms with van der Waals surface area (Å²) in [6.07, 6.45) is 1.39. The quantitative estimate of drug-likeness (QED) is 0.625. The lowest BCUT2D eigenvalue weighted by Gasteiger charge is -2.12. The molecule has 128 valence electrons. The van der Waals surface area contributed by atoms with Crippen molar-refractivity contribution in [3.05, 3.63) is 41.3 Å². The van der Waals surface area contributed by atoms with Gasteiger partial charge in [-0.1, -0.05) is 23.4 Å². The first kappa shape index (κ1) is 18.1. The Morgan fingerprint density at radius 1 is 1.33 bits per heavy atom. The molecule has 7 heteroatoms. The molecule has 0 unspecified atom stereocenters. The summed E-state index contributed by atoms with van der Waals surface area (Å²) in [5.41, 5.74) is 2.27. The Morgan fingerprint density at radius 2 is 2.00 bits per heavy atom. The van der Waals surface area contributed by atoms with Gasteiger partial charge in [-0.2, -0.15) is 4.40 Å². The number of nitrogens with zero attached hydrogens (tertiary/aromatic N) is 2. The summed E-state index contributed by atoms with van der Waals surface area (Å²) in [5.74, 6) is -0.103. The van der Waals surface area contributed by atoms with Gasteiger partial charge in [0.05, 0.1) is 34.9 Å². The van der Waals surface area contributed by atoms with E-state index in [2.05, 4.69) is 9.55 Å². The highest BCUT2D eigenvalue weighted by Gasteiger charge is 2.22. The van der Waals surface area contributed by atoms with Crippen LogP contribution in [0.25, 0.3) is 11.1 Å². The van der Waals surface area contributed by atoms with Gasteiger partial charge in [0.25, 0.3) is 0 Å². The minimum atomic E-state index is -1.42. The van der Waals surface area contributed by atoms with Gasteiger partial charge in [-0.25, -0.2) is 9.00 Å². The average molecular weight is 348 g/mol. The first-order valence-electron chi connectivity index (χ1n) is 7.35. The molecule has 0 aliphatic heterocycles. The first-order valence-corrected chi connectivity index (χ1v) is 8.46. The number of methoxy groups -OCH3 is 1. The van der Waals surface area contributed by atoms with Crippen LogP contribution in [0.3, 0.4) is 0 Å². The van der Waals surface area contributed by atoms with Crippen molar-refractivity contribution in [2.75, 3.05) is 7.11 Å². The van der Waals surface area contributed by atoms with Crippen molar-refractivity contribution in [3.8, 4) is 11.1 Å². The standard InChI is InChI=1S/C17H20N2O4S/c1-11-15(12-8-6-7-9-13(12)16(20)22-5)14(23-19-11)10-18-24(21)17(2,3)4/h6-10H,1-5H3/t24-/m0/s1. The Bertz CT molecular complexity index is 803. The van der Waals surface area contributed by atoms with E-state index in [1.54, 1.807) is 25.1 Å². The maximum absolute atomic E-state index is 12.1. The fraction of sp³-hybridized carbons (Fsp3) is 0.353. The van der Waals surface area contributed by atoms with E-state index >= 15 is 0 Å². The van der Waals surface area contributed by atoms with E-state index in [-0.39, 0.29) is 0 Å². The highest BCUT2D eigenvalue weighted by Crippen LogP contribution is 2.30. The molecule has 1 atom stereocenters. The SMILES string of the molecule is COC(=O)c1ccccc1-c1c(C)noc1C=N[S@@](=O)C(C)(C)C. The molecule has 0 fully saturated rings. The largest absolute Gasteiger partial charge is 0.465 e. The number of esters is 1. The van der Waals surface area contributed by atoms with Crippen LogP contribution in [-0.2, 0) is 15.7 Å². The molecule has 1 aromatic carbocycles. The van der Waals surface area contributed by atoms with Gasteiger partial charge in [0.15, 0.2) is 5.76 Å². The molecule has 0 bridgehead atoms. The van der Waals surface area contributed by atoms with E-state index in [0.717, 1.165) is 0 Å². The van der Waals surface area contributed by atoms with Crippen LogP contribution in [-0.4, -0.2) is 33.4 Å². The molecule has 6 nitrogen and oxygen atoms in total. The molecule has 1 aromatic heterocycles. The van der Waals surface area contributed by atoms with Gasteiger partial charge in [0, 0.05) is 5.56 Å². The normalized spacial score (nSPS) is 13.2. The van der Waals surface area contributed by atoms with Crippen molar-refractivity contribution < 1.29 is 18.3 Å². The summed E-state index contributed by atoms with van der Waals surface area (Å²) in [7, 11) is -0.0911. The minimum absolute atomic E-state index is 0.349. The van der Waals surface area contributed by atoms with Crippen LogP contribution < -0.4 is 0 Å². The molecule has 24 heavy (non-hydrogen) atoms. The van der Waals surface area contributed by atoms with Crippen LogP contribution in [0, 0.1) is 6.92 Å². The van der Waals surface area contributed by atoms with E-state index in [9.17, 15) is 9.00 Å². The van der Waals surface area contributed by atoms with Gasteiger partial charge >= 0.3 is 5.97 Å². The summed E-state index contributed by atoms with van der Waals surface area (Å²) >= 11 is 0. The van der Waals surface area contributed by atoms with Crippen LogP contribution in [0.2, 0.25) is 0 Å². The third-order valence-corrected chi connectivity index (χ3v) is 4.63. The van der Waals surface area contributed by atoms with Crippen LogP contribution in [0.5, 0.6) is 0 Å². The lowest BCUT2D eigenvalue weighted by molar-refractivity contribution is 0.0601. The summed E-state index contributed by atoms with van der Waals surface area (Å²) < 4.78 is 25.8. The van der Waals surface area contributed by atoms with E-state index in [1.165, 1.54) is 13.3 Å². The highest BCUT2D eigenvalue weighted by atomic mass is 32.2. The predicted octanol–water partition coefficient (Wildman–Crippen LogP) is 3.32. The zero-order valence-electron chi connectivity index (χ0n) is 14.3. The van der Waals surface area contributed by atoms with Gasteiger partial charge in [-0.05, 0) is 33.8 Å². The topological polar surface area (TPSA) is 81.8 Å². The average Bonchev–Trinajstić information content (AvgIpc) is 2.91. The molecule has 0 aliphatic rings. The van der Waals surface area contributed by atoms with Crippen molar-refractivity contribution in [1.29, 1.82) is 0 Å². The first-order chi connectivity index (χ1) is 11.3. The number of rotatable bonds is 4. The van der Waals surface area contributed by atoms with E-state index < -0.39 is 21.7 Å². The minimum Gasteiger partial charge on any atom is -0.465 e. The van der Waals surface area contributed by atoms with Gasteiger partial charge < -0.3 is 9.26 Å². The molecule has 0 saturated carbocycles. The molecule has 0 aliphatic carbocycles. The molecule has 1 heterocycles. The zero-order valence-corrected chi connectivity index (χ0v) is 15.1. The van der Waals surface area contributed by atoms with Crippen molar-refractivity contribution in [3.63, 3.8) is 0 Å². The Balaban J connectivity index is 2.51. The predicted molar refractivity (Wildman–Crippen MR) is 93.5 cm³/mol. The molecule has 0 radical (unpaired) electrons. The second-order valence-electron chi connectivity index (χ2n) is 6.14. The van der Waals surface area contributed by atoms with Crippen molar-refractivity contribution in [2.24, 2.45) is 4.40 Å². The number of carbonyl (C=O) groups excluding carboxylic acids is 1. The lowest BCUT2D eigenvalue weighted by Crippen LogP contribution is -2.19. The second-order valence-corrected chi connectivity index (χ2v) is 8.07. The van der Waals surface area contributed by atoms with Crippen LogP contribution in [0.4, 0.5) is 0 Å². The maximum Gasteiger partial charge on any atom is 0.338 e. The molecular formula is C17H20N2O4S. The van der Waals surface area contributed by atoms with Crippen molar-refractivity contribution in [2.45, 2.75) is 32.4 Å². The Kier molecular flexibility index (Phi) is 5.33. The van der Waals surface area contributed by atoms with Gasteiger partial charge in [-0.15, -0.1) is 0 Å². The van der Waals surface area contributed by atoms with Crippen molar-refractivity contribution in [1.82, 2.24) is 5.16 Å². The summed E-state index contributed by atoms with van der Waals surface area (Å²) in [5, 5.41) is 3.94. The fourth-order valence-electron chi connectivity index (χ4n) is 2.05. The smallest absolute Gasteiger partial charge is 0.338 e. The number of ether oxygens (including phenoxy) is 1. The summed E-state index contributed by atoms with van der Waals surface area (Å²) in [6, 6.07) is 7.01. The van der Waals surface area contributed by atoms with Crippen LogP contribution >= 0.6 is 0 Å². The second kappa shape index (κ2) is 7.09. The van der Waals surface area contributed by atoms with Gasteiger partial charge in [0.1, 0.15) is 11.0 Å². The number of aryl methyl sites for hydroxylation is 1. The van der Waals surface area contributed by atoms with E-state index in [1.807, 2.05) is 26.8 Å². The Morgan fingerprint density at radius 3 is 2.62 bits per heavy atom. The van der Waals surface area contributed by atoms with E-state index in [4.69, 9.17) is 9.26 Å². The molecule has 0 spiro atoms. The van der Waals surface area contributed by atoms with Gasteiger partial charge in [-0.3, -0.25) is 0 Å². The molecule has 0 amide bonds. The summed E-state index contributed by atoms with van der Waals surface area (Å²) in [4.78, 5) is 12.0. The number of hydrogen-bond acceptors (Lipinski definition) is 5. The Hall–Kier alpha value is -2.28. The summed E-state index contributed by atoms with van der Waals surface area (Å²) in [6.45, 7) is 7.27. The number of carbonyl (C=O) groups is 1. The molecular weight excluding hydrogens is 328 g/mol. The third kappa shape index (κ3) is 3.79. The highest BCUT2D eigenvalue weighted by molar-refractivity contribution is 7.85. The zero-order chi connectivity index (χ0) is 17.9. The maximum atomic E-state index is 12.1. The van der Waals surface area contributed by atoms with Crippen LogP contribution in [0.1, 0.15) is 42.6 Å². The van der Waals surface area contributed by atoms with E-state index in [0.29, 0.717) is 28.1 Å². The lowest BCUT2D eigenvalue weighted by atomic mass is 9.98. The van der Waals surface area contributed by atoms with Gasteiger partial charge in [0.2, 0.25) is 0 Å². The monoisotopic (exact) mass is 348 g/mol. The third-order valence-electron chi connectivity index (χ3n) is 3.28. The van der Waals surface area contributed by atoms with Crippen LogP contribution in [0.15, 0.2) is 33.2 Å². The molecule has 0 saturated heterocycles. The fourth-order valence-corrected chi connectivity index (χ4v) is 2.55. The Labute approximate surface area is 143 Å². The molecule has 2 aromatic rings. The number of hydrogen-bond donors (Lipinski definition) is 0.